The van der Waals surface area contributed by atoms with Crippen LogP contribution in [0.15, 0.2) is 54.9 Å². The van der Waals surface area contributed by atoms with Crippen LogP contribution in [0, 0.1) is 25.7 Å². The number of benzene rings is 1. The second-order valence-electron chi connectivity index (χ2n) is 9.06. The van der Waals surface area contributed by atoms with Crippen molar-refractivity contribution >= 4 is 17.5 Å². The molecule has 2 fully saturated rings. The normalized spacial score (nSPS) is 19.9. The predicted octanol–water partition coefficient (Wildman–Crippen LogP) is 3.01. The molecule has 8 nitrogen and oxygen atoms in total. The minimum absolute atomic E-state index is 0.00570. The topological polar surface area (TPSA) is 79.5 Å². The molecule has 166 valence electrons. The number of rotatable bonds is 3. The molecular formula is C25H25N7O. The van der Waals surface area contributed by atoms with Crippen LogP contribution < -0.4 is 4.90 Å². The summed E-state index contributed by atoms with van der Waals surface area (Å²) in [5.41, 5.74) is 4.76. The number of hydrogen-bond acceptors (Lipinski definition) is 6. The fourth-order valence-electron chi connectivity index (χ4n) is 5.21. The Morgan fingerprint density at radius 1 is 0.939 bits per heavy atom. The lowest BCUT2D eigenvalue weighted by atomic mass is 10.0. The monoisotopic (exact) mass is 439 g/mol. The maximum absolute atomic E-state index is 13.8. The van der Waals surface area contributed by atoms with E-state index in [4.69, 9.17) is 5.10 Å². The summed E-state index contributed by atoms with van der Waals surface area (Å²) in [5, 5.41) is 4.70. The summed E-state index contributed by atoms with van der Waals surface area (Å²) in [6.07, 6.45) is 3.55. The van der Waals surface area contributed by atoms with Gasteiger partial charge in [-0.1, -0.05) is 30.3 Å². The van der Waals surface area contributed by atoms with E-state index in [-0.39, 0.29) is 5.91 Å². The summed E-state index contributed by atoms with van der Waals surface area (Å²) in [6, 6.07) is 13.7. The molecule has 0 aliphatic carbocycles. The first kappa shape index (κ1) is 19.8. The summed E-state index contributed by atoms with van der Waals surface area (Å²) in [5.74, 6) is 1.63. The second kappa shape index (κ2) is 7.65. The fraction of sp³-hybridized carbons (Fsp3) is 0.320. The highest BCUT2D eigenvalue weighted by atomic mass is 16.2. The van der Waals surface area contributed by atoms with Crippen molar-refractivity contribution in [3.05, 3.63) is 71.8 Å². The lowest BCUT2D eigenvalue weighted by Gasteiger charge is -2.22. The minimum Gasteiger partial charge on any atom is -0.340 e. The smallest absolute Gasteiger partial charge is 0.260 e. The molecule has 2 aliphatic rings. The molecule has 2 aliphatic heterocycles. The third kappa shape index (κ3) is 3.42. The van der Waals surface area contributed by atoms with Crippen molar-refractivity contribution in [2.24, 2.45) is 11.8 Å². The minimum atomic E-state index is 0.00570. The quantitative estimate of drug-likeness (QED) is 0.488. The highest BCUT2D eigenvalue weighted by Crippen LogP contribution is 2.35. The van der Waals surface area contributed by atoms with Crippen molar-refractivity contribution in [3.63, 3.8) is 0 Å². The van der Waals surface area contributed by atoms with Gasteiger partial charge in [0.05, 0.1) is 0 Å². The number of nitrogens with zero attached hydrogens (tertiary/aromatic N) is 7. The molecule has 0 saturated carbocycles. The van der Waals surface area contributed by atoms with Crippen molar-refractivity contribution in [2.45, 2.75) is 13.8 Å². The van der Waals surface area contributed by atoms with Gasteiger partial charge in [0.15, 0.2) is 5.65 Å². The first-order valence-corrected chi connectivity index (χ1v) is 11.3. The number of likely N-dealkylation sites (tertiary alicyclic amines) is 1. The van der Waals surface area contributed by atoms with Crippen LogP contribution in [-0.2, 0) is 0 Å². The number of aryl methyl sites for hydroxylation is 2. The number of fused-ring (bicyclic) bond motifs is 2. The molecule has 2 unspecified atom stereocenters. The number of carbonyl (C=O) groups is 1. The van der Waals surface area contributed by atoms with Crippen LogP contribution in [0.2, 0.25) is 0 Å². The van der Waals surface area contributed by atoms with Gasteiger partial charge in [-0.25, -0.2) is 19.5 Å². The Labute approximate surface area is 191 Å². The second-order valence-corrected chi connectivity index (χ2v) is 9.06. The average molecular weight is 440 g/mol. The van der Waals surface area contributed by atoms with Crippen LogP contribution >= 0.6 is 0 Å². The third-order valence-corrected chi connectivity index (χ3v) is 6.68. The zero-order valence-electron chi connectivity index (χ0n) is 18.7. The molecule has 3 aromatic heterocycles. The molecule has 1 amide bonds. The summed E-state index contributed by atoms with van der Waals surface area (Å²) >= 11 is 0. The fourth-order valence-corrected chi connectivity index (χ4v) is 5.21. The molecule has 6 rings (SSSR count). The van der Waals surface area contributed by atoms with Gasteiger partial charge in [0.1, 0.15) is 11.3 Å². The van der Waals surface area contributed by atoms with Crippen molar-refractivity contribution in [1.82, 2.24) is 29.5 Å². The van der Waals surface area contributed by atoms with Gasteiger partial charge in [0.2, 0.25) is 5.95 Å². The number of amides is 1. The van der Waals surface area contributed by atoms with E-state index in [1.807, 2.05) is 67.4 Å². The van der Waals surface area contributed by atoms with Crippen molar-refractivity contribution in [1.29, 1.82) is 0 Å². The lowest BCUT2D eigenvalue weighted by molar-refractivity contribution is 0.0785. The van der Waals surface area contributed by atoms with Gasteiger partial charge in [0.25, 0.3) is 5.91 Å². The number of aromatic nitrogens is 5. The maximum Gasteiger partial charge on any atom is 0.260 e. The van der Waals surface area contributed by atoms with E-state index >= 15 is 0 Å². The molecule has 33 heavy (non-hydrogen) atoms. The van der Waals surface area contributed by atoms with E-state index in [1.54, 1.807) is 10.7 Å². The van der Waals surface area contributed by atoms with E-state index in [0.29, 0.717) is 28.7 Å². The maximum atomic E-state index is 13.8. The third-order valence-electron chi connectivity index (χ3n) is 6.68. The van der Waals surface area contributed by atoms with E-state index in [2.05, 4.69) is 19.9 Å². The number of hydrogen-bond donors (Lipinski definition) is 0. The van der Waals surface area contributed by atoms with Gasteiger partial charge in [-0.15, -0.1) is 0 Å². The first-order chi connectivity index (χ1) is 16.1. The zero-order valence-corrected chi connectivity index (χ0v) is 18.7. The van der Waals surface area contributed by atoms with Gasteiger partial charge >= 0.3 is 0 Å². The van der Waals surface area contributed by atoms with Gasteiger partial charge < -0.3 is 9.80 Å². The van der Waals surface area contributed by atoms with Crippen LogP contribution in [0.3, 0.4) is 0 Å². The molecule has 2 atom stereocenters. The summed E-state index contributed by atoms with van der Waals surface area (Å²) in [7, 11) is 0. The van der Waals surface area contributed by atoms with Crippen LogP contribution in [0.4, 0.5) is 5.95 Å². The van der Waals surface area contributed by atoms with E-state index in [1.165, 1.54) is 0 Å². The molecule has 1 aromatic carbocycles. The highest BCUT2D eigenvalue weighted by Gasteiger charge is 2.43. The Hall–Kier alpha value is -3.81. The van der Waals surface area contributed by atoms with Crippen molar-refractivity contribution in [3.8, 4) is 11.3 Å². The number of carbonyl (C=O) groups excluding carboxylic acids is 1. The van der Waals surface area contributed by atoms with E-state index in [0.717, 1.165) is 49.1 Å². The van der Waals surface area contributed by atoms with Crippen molar-refractivity contribution < 1.29 is 4.79 Å². The Morgan fingerprint density at radius 3 is 2.33 bits per heavy atom. The molecule has 0 spiro atoms. The standard InChI is InChI=1S/C25H25N7O/c1-16-11-17(2)28-25(27-16)31-14-19-12-30(13-20(19)15-31)24(33)21-22(18-7-4-3-5-8-18)29-32-10-6-9-26-23(21)32/h3-11,19-20H,12-15H2,1-2H3. The van der Waals surface area contributed by atoms with Gasteiger partial charge in [-0.2, -0.15) is 5.10 Å². The Morgan fingerprint density at radius 2 is 1.64 bits per heavy atom. The molecule has 8 heteroatoms. The van der Waals surface area contributed by atoms with Crippen LogP contribution in [0.25, 0.3) is 16.9 Å². The van der Waals surface area contributed by atoms with Crippen LogP contribution in [0.1, 0.15) is 21.7 Å². The summed E-state index contributed by atoms with van der Waals surface area (Å²) in [4.78, 5) is 31.8. The molecule has 2 saturated heterocycles. The van der Waals surface area contributed by atoms with E-state index < -0.39 is 0 Å². The van der Waals surface area contributed by atoms with Gasteiger partial charge in [-0.3, -0.25) is 4.79 Å². The number of anilines is 1. The summed E-state index contributed by atoms with van der Waals surface area (Å²) < 4.78 is 1.70. The SMILES string of the molecule is Cc1cc(C)nc(N2CC3CN(C(=O)c4c(-c5ccccc5)nn5cccnc45)CC3C2)n1. The largest absolute Gasteiger partial charge is 0.340 e. The molecule has 0 radical (unpaired) electrons. The van der Waals surface area contributed by atoms with Crippen molar-refractivity contribution in [2.75, 3.05) is 31.1 Å². The Kier molecular flexibility index (Phi) is 4.60. The highest BCUT2D eigenvalue weighted by molar-refractivity contribution is 6.05. The molecule has 5 heterocycles. The van der Waals surface area contributed by atoms with Crippen LogP contribution in [-0.4, -0.2) is 61.6 Å². The zero-order chi connectivity index (χ0) is 22.5. The van der Waals surface area contributed by atoms with E-state index in [9.17, 15) is 4.79 Å². The Balaban J connectivity index is 1.27. The van der Waals surface area contributed by atoms with Gasteiger partial charge in [-0.05, 0) is 26.0 Å². The molecule has 0 bridgehead atoms. The lowest BCUT2D eigenvalue weighted by Crippen LogP contribution is -2.34. The van der Waals surface area contributed by atoms with Gasteiger partial charge in [0, 0.05) is 67.4 Å². The summed E-state index contributed by atoms with van der Waals surface area (Å²) in [6.45, 7) is 7.20. The Bertz CT molecular complexity index is 1320. The first-order valence-electron chi connectivity index (χ1n) is 11.3. The average Bonchev–Trinajstić information content (AvgIpc) is 3.50. The predicted molar refractivity (Wildman–Crippen MR) is 125 cm³/mol. The van der Waals surface area contributed by atoms with Crippen LogP contribution in [0.5, 0.6) is 0 Å². The molecule has 0 N–H and O–H groups in total. The molecular weight excluding hydrogens is 414 g/mol. The molecule has 4 aromatic rings.